The molecule has 1 aliphatic heterocycles. The zero-order valence-electron chi connectivity index (χ0n) is 10.7. The van der Waals surface area contributed by atoms with E-state index in [-0.39, 0.29) is 0 Å². The topological polar surface area (TPSA) is 48.1 Å². The summed E-state index contributed by atoms with van der Waals surface area (Å²) in [5, 5.41) is 0.800. The van der Waals surface area contributed by atoms with E-state index in [0.717, 1.165) is 27.6 Å². The molecule has 98 valence electrons. The Hall–Kier alpha value is -2.33. The van der Waals surface area contributed by atoms with Crippen molar-refractivity contribution in [1.82, 2.24) is 4.98 Å². The Labute approximate surface area is 120 Å². The summed E-state index contributed by atoms with van der Waals surface area (Å²) in [5.74, 6) is 0.912. The second kappa shape index (κ2) is 4.35. The number of nitrogen functional groups attached to an aromatic ring is 1. The number of ether oxygens (including phenoxy) is 1. The number of nitrogens with two attached hydrogens (primary N) is 1. The molecule has 0 amide bonds. The Balaban J connectivity index is 2.02. The number of anilines is 1. The fraction of sp³-hybridized carbons (Fsp3) is 0.0625. The molecule has 2 N–H and O–H groups in total. The number of benzene rings is 1. The zero-order valence-corrected chi connectivity index (χ0v) is 11.5. The van der Waals surface area contributed by atoms with E-state index in [9.17, 15) is 0 Å². The Morgan fingerprint density at radius 1 is 1.05 bits per heavy atom. The van der Waals surface area contributed by atoms with Crippen LogP contribution in [-0.2, 0) is 6.61 Å². The molecule has 0 saturated heterocycles. The summed E-state index contributed by atoms with van der Waals surface area (Å²) < 4.78 is 5.79. The summed E-state index contributed by atoms with van der Waals surface area (Å²) in [6.45, 7) is 0.577. The first-order valence-corrected chi connectivity index (χ1v) is 7.21. The van der Waals surface area contributed by atoms with Crippen molar-refractivity contribution in [3.8, 4) is 28.1 Å². The van der Waals surface area contributed by atoms with Gasteiger partial charge in [-0.3, -0.25) is 4.98 Å². The summed E-state index contributed by atoms with van der Waals surface area (Å²) in [4.78, 5) is 5.62. The van der Waals surface area contributed by atoms with E-state index in [0.29, 0.717) is 6.61 Å². The van der Waals surface area contributed by atoms with Gasteiger partial charge in [-0.05, 0) is 18.2 Å². The van der Waals surface area contributed by atoms with Crippen LogP contribution in [0.5, 0.6) is 5.75 Å². The molecule has 0 atom stereocenters. The van der Waals surface area contributed by atoms with Crippen molar-refractivity contribution in [3.63, 3.8) is 0 Å². The minimum absolute atomic E-state index is 0.577. The number of aromatic nitrogens is 1. The molecule has 0 aliphatic carbocycles. The SMILES string of the molecule is Nc1sc2c(c1-c1ccccn1)-c1ccccc1OC2. The number of fused-ring (bicyclic) bond motifs is 3. The van der Waals surface area contributed by atoms with Gasteiger partial charge in [0.25, 0.3) is 0 Å². The van der Waals surface area contributed by atoms with Crippen molar-refractivity contribution in [2.75, 3.05) is 5.73 Å². The maximum Gasteiger partial charge on any atom is 0.127 e. The number of pyridine rings is 1. The van der Waals surface area contributed by atoms with Crippen molar-refractivity contribution < 1.29 is 4.74 Å². The van der Waals surface area contributed by atoms with E-state index >= 15 is 0 Å². The molecule has 0 fully saturated rings. The van der Waals surface area contributed by atoms with Crippen LogP contribution in [0.3, 0.4) is 0 Å². The molecule has 0 unspecified atom stereocenters. The highest BCUT2D eigenvalue weighted by molar-refractivity contribution is 7.17. The van der Waals surface area contributed by atoms with Gasteiger partial charge >= 0.3 is 0 Å². The predicted octanol–water partition coefficient (Wildman–Crippen LogP) is 3.95. The third-order valence-electron chi connectivity index (χ3n) is 3.44. The molecule has 1 aromatic carbocycles. The smallest absolute Gasteiger partial charge is 0.127 e. The van der Waals surface area contributed by atoms with E-state index in [4.69, 9.17) is 10.5 Å². The summed E-state index contributed by atoms with van der Waals surface area (Å²) in [6.07, 6.45) is 1.80. The monoisotopic (exact) mass is 280 g/mol. The van der Waals surface area contributed by atoms with E-state index in [1.807, 2.05) is 36.4 Å². The molecule has 0 spiro atoms. The van der Waals surface area contributed by atoms with Gasteiger partial charge in [-0.25, -0.2) is 0 Å². The van der Waals surface area contributed by atoms with Crippen LogP contribution in [0.4, 0.5) is 5.00 Å². The fourth-order valence-corrected chi connectivity index (χ4v) is 3.60. The molecule has 1 aliphatic rings. The third kappa shape index (κ3) is 1.62. The van der Waals surface area contributed by atoms with Crippen LogP contribution >= 0.6 is 11.3 Å². The first-order chi connectivity index (χ1) is 9.84. The van der Waals surface area contributed by atoms with Crippen LogP contribution < -0.4 is 10.5 Å². The second-order valence-corrected chi connectivity index (χ2v) is 5.78. The number of nitrogens with zero attached hydrogens (tertiary/aromatic N) is 1. The zero-order chi connectivity index (χ0) is 13.5. The van der Waals surface area contributed by atoms with Crippen LogP contribution in [0.25, 0.3) is 22.4 Å². The highest BCUT2D eigenvalue weighted by Gasteiger charge is 2.25. The number of hydrogen-bond acceptors (Lipinski definition) is 4. The summed E-state index contributed by atoms with van der Waals surface area (Å²) >= 11 is 1.59. The molecule has 4 heteroatoms. The van der Waals surface area contributed by atoms with Gasteiger partial charge in [0, 0.05) is 22.9 Å². The molecule has 3 aromatic rings. The number of hydrogen-bond donors (Lipinski definition) is 1. The van der Waals surface area contributed by atoms with Crippen LogP contribution in [-0.4, -0.2) is 4.98 Å². The van der Waals surface area contributed by atoms with E-state index in [2.05, 4.69) is 11.1 Å². The Bertz CT molecular complexity index is 780. The predicted molar refractivity (Wildman–Crippen MR) is 81.7 cm³/mol. The molecule has 4 rings (SSSR count). The summed E-state index contributed by atoms with van der Waals surface area (Å²) in [7, 11) is 0. The van der Waals surface area contributed by atoms with Crippen molar-refractivity contribution in [1.29, 1.82) is 0 Å². The number of rotatable bonds is 1. The summed E-state index contributed by atoms with van der Waals surface area (Å²) in [5.41, 5.74) is 10.5. The van der Waals surface area contributed by atoms with Gasteiger partial charge in [0.2, 0.25) is 0 Å². The van der Waals surface area contributed by atoms with Gasteiger partial charge < -0.3 is 10.5 Å². The van der Waals surface area contributed by atoms with Crippen LogP contribution in [0.1, 0.15) is 4.88 Å². The minimum atomic E-state index is 0.577. The van der Waals surface area contributed by atoms with Crippen LogP contribution in [0.2, 0.25) is 0 Å². The molecule has 0 bridgehead atoms. The average Bonchev–Trinajstić information content (AvgIpc) is 2.84. The van der Waals surface area contributed by atoms with Crippen LogP contribution in [0, 0.1) is 0 Å². The normalized spacial score (nSPS) is 12.4. The molecular weight excluding hydrogens is 268 g/mol. The Kier molecular flexibility index (Phi) is 2.50. The van der Waals surface area contributed by atoms with Gasteiger partial charge in [-0.1, -0.05) is 24.3 Å². The molecule has 0 radical (unpaired) electrons. The molecule has 0 saturated carbocycles. The third-order valence-corrected chi connectivity index (χ3v) is 4.44. The van der Waals surface area contributed by atoms with Gasteiger partial charge in [0.15, 0.2) is 0 Å². The lowest BCUT2D eigenvalue weighted by atomic mass is 9.97. The number of para-hydroxylation sites is 1. The molecule has 20 heavy (non-hydrogen) atoms. The van der Waals surface area contributed by atoms with Crippen molar-refractivity contribution in [2.24, 2.45) is 0 Å². The van der Waals surface area contributed by atoms with Gasteiger partial charge in [0.05, 0.1) is 15.6 Å². The second-order valence-electron chi connectivity index (χ2n) is 4.64. The standard InChI is InChI=1S/C16H12N2OS/c17-16-15(11-6-3-4-8-18-11)14-10-5-1-2-7-12(10)19-9-13(14)20-16/h1-8H,9,17H2. The lowest BCUT2D eigenvalue weighted by Crippen LogP contribution is -2.03. The van der Waals surface area contributed by atoms with Gasteiger partial charge in [0.1, 0.15) is 12.4 Å². The highest BCUT2D eigenvalue weighted by Crippen LogP contribution is 2.49. The maximum atomic E-state index is 6.23. The van der Waals surface area contributed by atoms with E-state index in [1.54, 1.807) is 17.5 Å². The van der Waals surface area contributed by atoms with E-state index in [1.165, 1.54) is 10.4 Å². The lowest BCUT2D eigenvalue weighted by molar-refractivity contribution is 0.306. The largest absolute Gasteiger partial charge is 0.487 e. The van der Waals surface area contributed by atoms with Gasteiger partial charge in [-0.15, -0.1) is 11.3 Å². The van der Waals surface area contributed by atoms with Crippen molar-refractivity contribution >= 4 is 16.3 Å². The summed E-state index contributed by atoms with van der Waals surface area (Å²) in [6, 6.07) is 14.0. The van der Waals surface area contributed by atoms with Crippen molar-refractivity contribution in [2.45, 2.75) is 6.61 Å². The van der Waals surface area contributed by atoms with Crippen LogP contribution in [0.15, 0.2) is 48.7 Å². The molecular formula is C16H12N2OS. The van der Waals surface area contributed by atoms with E-state index < -0.39 is 0 Å². The lowest BCUT2D eigenvalue weighted by Gasteiger charge is -2.18. The van der Waals surface area contributed by atoms with Gasteiger partial charge in [-0.2, -0.15) is 0 Å². The maximum absolute atomic E-state index is 6.23. The average molecular weight is 280 g/mol. The number of thiophene rings is 1. The Morgan fingerprint density at radius 2 is 1.90 bits per heavy atom. The van der Waals surface area contributed by atoms with Crippen molar-refractivity contribution in [3.05, 3.63) is 53.5 Å². The fourth-order valence-electron chi connectivity index (χ4n) is 2.59. The Morgan fingerprint density at radius 3 is 2.75 bits per heavy atom. The first kappa shape index (κ1) is 11.5. The molecule has 3 heterocycles. The molecule has 3 nitrogen and oxygen atoms in total. The first-order valence-electron chi connectivity index (χ1n) is 6.39. The quantitative estimate of drug-likeness (QED) is 0.734. The molecule has 2 aromatic heterocycles. The highest BCUT2D eigenvalue weighted by atomic mass is 32.1. The minimum Gasteiger partial charge on any atom is -0.487 e.